The van der Waals surface area contributed by atoms with Crippen molar-refractivity contribution in [1.82, 2.24) is 10.3 Å². The number of aromatic nitrogens is 1. The lowest BCUT2D eigenvalue weighted by molar-refractivity contribution is 0.0954. The molecule has 0 aliphatic heterocycles. The van der Waals surface area contributed by atoms with Crippen molar-refractivity contribution in [1.29, 1.82) is 0 Å². The van der Waals surface area contributed by atoms with E-state index in [2.05, 4.69) is 10.3 Å². The summed E-state index contributed by atoms with van der Waals surface area (Å²) >= 11 is 0. The summed E-state index contributed by atoms with van der Waals surface area (Å²) in [6.45, 7) is 2.57. The molecule has 0 atom stereocenters. The highest BCUT2D eigenvalue weighted by Crippen LogP contribution is 2.31. The van der Waals surface area contributed by atoms with Gasteiger partial charge in [0.2, 0.25) is 0 Å². The van der Waals surface area contributed by atoms with Crippen LogP contribution in [0.5, 0.6) is 11.5 Å². The standard InChI is InChI=1S/C22H24N2O5S/c1-4-9-23-22(25)16-5-7-19-17(11-16)10-15(13-24-19)14-30(26,27)21-12-18(28-2)6-8-20(21)29-3/h5-8,10-13H,4,9,14H2,1-3H3,(H,23,25). The number of carbonyl (C=O) groups is 1. The molecule has 1 amide bonds. The predicted octanol–water partition coefficient (Wildman–Crippen LogP) is 3.37. The Morgan fingerprint density at radius 3 is 2.57 bits per heavy atom. The molecule has 1 aromatic heterocycles. The quantitative estimate of drug-likeness (QED) is 0.591. The summed E-state index contributed by atoms with van der Waals surface area (Å²) in [4.78, 5) is 16.6. The third kappa shape index (κ3) is 4.71. The zero-order chi connectivity index (χ0) is 21.7. The van der Waals surface area contributed by atoms with Crippen LogP contribution in [-0.2, 0) is 15.6 Å². The molecule has 30 heavy (non-hydrogen) atoms. The average molecular weight is 429 g/mol. The van der Waals surface area contributed by atoms with Gasteiger partial charge < -0.3 is 14.8 Å². The smallest absolute Gasteiger partial charge is 0.251 e. The van der Waals surface area contributed by atoms with Crippen LogP contribution in [0.25, 0.3) is 10.9 Å². The summed E-state index contributed by atoms with van der Waals surface area (Å²) in [5.41, 5.74) is 1.70. The second-order valence-corrected chi connectivity index (χ2v) is 8.74. The van der Waals surface area contributed by atoms with Crippen molar-refractivity contribution in [2.24, 2.45) is 0 Å². The fraction of sp³-hybridized carbons (Fsp3) is 0.273. The van der Waals surface area contributed by atoms with Crippen LogP contribution < -0.4 is 14.8 Å². The number of benzene rings is 2. The fourth-order valence-electron chi connectivity index (χ4n) is 3.06. The molecule has 158 valence electrons. The Kier molecular flexibility index (Phi) is 6.56. The normalized spacial score (nSPS) is 11.3. The van der Waals surface area contributed by atoms with E-state index in [4.69, 9.17) is 9.47 Å². The van der Waals surface area contributed by atoms with Gasteiger partial charge in [0.25, 0.3) is 5.91 Å². The maximum atomic E-state index is 13.1. The van der Waals surface area contributed by atoms with E-state index in [1.165, 1.54) is 26.5 Å². The van der Waals surface area contributed by atoms with Crippen molar-refractivity contribution in [2.45, 2.75) is 24.0 Å². The van der Waals surface area contributed by atoms with Crippen LogP contribution in [0.15, 0.2) is 53.6 Å². The zero-order valence-electron chi connectivity index (χ0n) is 17.1. The SMILES string of the molecule is CCCNC(=O)c1ccc2ncc(CS(=O)(=O)c3cc(OC)ccc3OC)cc2c1. The molecule has 0 unspecified atom stereocenters. The van der Waals surface area contributed by atoms with Gasteiger partial charge in [0, 0.05) is 29.8 Å². The van der Waals surface area contributed by atoms with Crippen molar-refractivity contribution >= 4 is 26.6 Å². The number of amides is 1. The number of carbonyl (C=O) groups excluding carboxylic acids is 1. The fourth-order valence-corrected chi connectivity index (χ4v) is 4.57. The number of ether oxygens (including phenoxy) is 2. The summed E-state index contributed by atoms with van der Waals surface area (Å²) in [7, 11) is -0.828. The highest BCUT2D eigenvalue weighted by molar-refractivity contribution is 7.90. The summed E-state index contributed by atoms with van der Waals surface area (Å²) in [6, 6.07) is 11.6. The minimum Gasteiger partial charge on any atom is -0.497 e. The van der Waals surface area contributed by atoms with E-state index in [-0.39, 0.29) is 22.3 Å². The van der Waals surface area contributed by atoms with E-state index in [1.54, 1.807) is 36.4 Å². The first kappa shape index (κ1) is 21.6. The lowest BCUT2D eigenvalue weighted by Crippen LogP contribution is -2.23. The van der Waals surface area contributed by atoms with Gasteiger partial charge >= 0.3 is 0 Å². The molecule has 0 bridgehead atoms. The molecule has 1 heterocycles. The lowest BCUT2D eigenvalue weighted by atomic mass is 10.1. The number of nitrogens with one attached hydrogen (secondary N) is 1. The molecule has 0 spiro atoms. The molecular weight excluding hydrogens is 404 g/mol. The molecule has 0 aliphatic rings. The molecule has 1 N–H and O–H groups in total. The molecule has 8 heteroatoms. The molecule has 0 saturated heterocycles. The Labute approximate surface area is 176 Å². The van der Waals surface area contributed by atoms with Gasteiger partial charge in [0.1, 0.15) is 16.4 Å². The van der Waals surface area contributed by atoms with E-state index in [0.29, 0.717) is 34.3 Å². The average Bonchev–Trinajstić information content (AvgIpc) is 2.76. The van der Waals surface area contributed by atoms with Crippen LogP contribution in [0, 0.1) is 0 Å². The van der Waals surface area contributed by atoms with Gasteiger partial charge in [0.15, 0.2) is 9.84 Å². The van der Waals surface area contributed by atoms with Crippen molar-refractivity contribution < 1.29 is 22.7 Å². The number of hydrogen-bond acceptors (Lipinski definition) is 6. The third-order valence-corrected chi connectivity index (χ3v) is 6.30. The van der Waals surface area contributed by atoms with E-state index < -0.39 is 9.84 Å². The van der Waals surface area contributed by atoms with Gasteiger partial charge in [-0.05, 0) is 48.4 Å². The van der Waals surface area contributed by atoms with Crippen LogP contribution in [0.2, 0.25) is 0 Å². The molecule has 0 aliphatic carbocycles. The first-order valence-electron chi connectivity index (χ1n) is 9.49. The second kappa shape index (κ2) is 9.13. The Hall–Kier alpha value is -3.13. The van der Waals surface area contributed by atoms with Crippen molar-refractivity contribution in [3.05, 3.63) is 59.8 Å². The van der Waals surface area contributed by atoms with Crippen LogP contribution >= 0.6 is 0 Å². The second-order valence-electron chi connectivity index (χ2n) is 6.78. The highest BCUT2D eigenvalue weighted by Gasteiger charge is 2.22. The minimum absolute atomic E-state index is 0.0529. The number of fused-ring (bicyclic) bond motifs is 1. The largest absolute Gasteiger partial charge is 0.497 e. The molecular formula is C22H24N2O5S. The lowest BCUT2D eigenvalue weighted by Gasteiger charge is -2.12. The molecule has 0 radical (unpaired) electrons. The Morgan fingerprint density at radius 1 is 1.07 bits per heavy atom. The highest BCUT2D eigenvalue weighted by atomic mass is 32.2. The van der Waals surface area contributed by atoms with Crippen molar-refractivity contribution in [3.63, 3.8) is 0 Å². The van der Waals surface area contributed by atoms with E-state index in [0.717, 1.165) is 6.42 Å². The molecule has 7 nitrogen and oxygen atoms in total. The molecule has 3 aromatic rings. The summed E-state index contributed by atoms with van der Waals surface area (Å²) < 4.78 is 36.5. The van der Waals surface area contributed by atoms with Crippen LogP contribution in [-0.4, -0.2) is 40.1 Å². The van der Waals surface area contributed by atoms with Crippen LogP contribution in [0.3, 0.4) is 0 Å². The monoisotopic (exact) mass is 428 g/mol. The summed E-state index contributed by atoms with van der Waals surface area (Å²) in [5.74, 6) is 0.247. The van der Waals surface area contributed by atoms with E-state index in [1.807, 2.05) is 6.92 Å². The summed E-state index contributed by atoms with van der Waals surface area (Å²) in [5, 5.41) is 3.53. The number of pyridine rings is 1. The van der Waals surface area contributed by atoms with Gasteiger partial charge in [-0.2, -0.15) is 0 Å². The first-order valence-corrected chi connectivity index (χ1v) is 11.1. The third-order valence-electron chi connectivity index (χ3n) is 4.60. The van der Waals surface area contributed by atoms with Crippen molar-refractivity contribution in [2.75, 3.05) is 20.8 Å². The topological polar surface area (TPSA) is 94.6 Å². The molecule has 2 aromatic carbocycles. The van der Waals surface area contributed by atoms with E-state index >= 15 is 0 Å². The van der Waals surface area contributed by atoms with Gasteiger partial charge in [-0.25, -0.2) is 8.42 Å². The Bertz CT molecular complexity index is 1180. The number of rotatable bonds is 8. The van der Waals surface area contributed by atoms with E-state index in [9.17, 15) is 13.2 Å². The van der Waals surface area contributed by atoms with Crippen LogP contribution in [0.1, 0.15) is 29.3 Å². The van der Waals surface area contributed by atoms with Crippen LogP contribution in [0.4, 0.5) is 0 Å². The minimum atomic E-state index is -3.72. The van der Waals surface area contributed by atoms with Gasteiger partial charge in [-0.15, -0.1) is 0 Å². The maximum absolute atomic E-state index is 13.1. The number of sulfone groups is 1. The number of methoxy groups -OCH3 is 2. The molecule has 0 saturated carbocycles. The van der Waals surface area contributed by atoms with Gasteiger partial charge in [-0.3, -0.25) is 9.78 Å². The Morgan fingerprint density at radius 2 is 1.87 bits per heavy atom. The predicted molar refractivity (Wildman–Crippen MR) is 115 cm³/mol. The number of hydrogen-bond donors (Lipinski definition) is 1. The maximum Gasteiger partial charge on any atom is 0.251 e. The number of nitrogens with zero attached hydrogens (tertiary/aromatic N) is 1. The summed E-state index contributed by atoms with van der Waals surface area (Å²) in [6.07, 6.45) is 2.37. The molecule has 3 rings (SSSR count). The van der Waals surface area contributed by atoms with Gasteiger partial charge in [-0.1, -0.05) is 6.92 Å². The zero-order valence-corrected chi connectivity index (χ0v) is 18.0. The molecule has 0 fully saturated rings. The van der Waals surface area contributed by atoms with Crippen molar-refractivity contribution in [3.8, 4) is 11.5 Å². The Balaban J connectivity index is 1.94. The van der Waals surface area contributed by atoms with Gasteiger partial charge in [0.05, 0.1) is 25.5 Å². The first-order chi connectivity index (χ1) is 14.4.